The first-order chi connectivity index (χ1) is 8.83. The van der Waals surface area contributed by atoms with Crippen molar-refractivity contribution < 1.29 is 14.6 Å². The SMILES string of the molecule is O=C(NCCOCCO)c1n[nH]c2ccncc12. The zero-order valence-electron chi connectivity index (χ0n) is 9.72. The Bertz CT molecular complexity index is 526. The molecule has 3 N–H and O–H groups in total. The van der Waals surface area contributed by atoms with Gasteiger partial charge in [-0.2, -0.15) is 5.10 Å². The first-order valence-corrected chi connectivity index (χ1v) is 5.58. The lowest BCUT2D eigenvalue weighted by atomic mass is 10.2. The summed E-state index contributed by atoms with van der Waals surface area (Å²) in [6.07, 6.45) is 3.22. The second kappa shape index (κ2) is 6.08. The number of aromatic amines is 1. The van der Waals surface area contributed by atoms with Crippen molar-refractivity contribution in [1.29, 1.82) is 0 Å². The maximum Gasteiger partial charge on any atom is 0.272 e. The molecule has 7 heteroatoms. The third kappa shape index (κ3) is 2.82. The third-order valence-electron chi connectivity index (χ3n) is 2.35. The van der Waals surface area contributed by atoms with Gasteiger partial charge in [0.2, 0.25) is 0 Å². The molecule has 0 aliphatic rings. The van der Waals surface area contributed by atoms with Crippen LogP contribution in [0.5, 0.6) is 0 Å². The van der Waals surface area contributed by atoms with Gasteiger partial charge < -0.3 is 15.2 Å². The molecule has 2 aromatic rings. The molecule has 1 amide bonds. The second-order valence-electron chi connectivity index (χ2n) is 3.59. The number of aromatic nitrogens is 3. The summed E-state index contributed by atoms with van der Waals surface area (Å²) in [7, 11) is 0. The molecule has 2 heterocycles. The number of carbonyl (C=O) groups excluding carboxylic acids is 1. The number of H-pyrrole nitrogens is 1. The highest BCUT2D eigenvalue weighted by molar-refractivity contribution is 6.04. The Morgan fingerprint density at radius 2 is 2.39 bits per heavy atom. The van der Waals surface area contributed by atoms with Gasteiger partial charge in [0.05, 0.1) is 30.7 Å². The largest absolute Gasteiger partial charge is 0.394 e. The highest BCUT2D eigenvalue weighted by Crippen LogP contribution is 2.13. The van der Waals surface area contributed by atoms with E-state index in [4.69, 9.17) is 9.84 Å². The van der Waals surface area contributed by atoms with Crippen molar-refractivity contribution in [2.75, 3.05) is 26.4 Å². The van der Waals surface area contributed by atoms with Crippen molar-refractivity contribution in [2.45, 2.75) is 0 Å². The maximum atomic E-state index is 11.8. The second-order valence-corrected chi connectivity index (χ2v) is 3.59. The lowest BCUT2D eigenvalue weighted by molar-refractivity contribution is 0.0836. The van der Waals surface area contributed by atoms with Gasteiger partial charge in [-0.1, -0.05) is 0 Å². The molecule has 0 aliphatic heterocycles. The Morgan fingerprint density at radius 3 is 3.22 bits per heavy atom. The first-order valence-electron chi connectivity index (χ1n) is 5.58. The van der Waals surface area contributed by atoms with Gasteiger partial charge in [0.25, 0.3) is 5.91 Å². The van der Waals surface area contributed by atoms with Crippen molar-refractivity contribution >= 4 is 16.8 Å². The van der Waals surface area contributed by atoms with Crippen LogP contribution in [-0.2, 0) is 4.74 Å². The fourth-order valence-corrected chi connectivity index (χ4v) is 1.52. The van der Waals surface area contributed by atoms with Crippen LogP contribution in [0.1, 0.15) is 10.5 Å². The highest BCUT2D eigenvalue weighted by Gasteiger charge is 2.13. The molecule has 0 aliphatic carbocycles. The standard InChI is InChI=1S/C11H14N4O3/c16-4-6-18-5-3-13-11(17)10-8-7-12-2-1-9(8)14-15-10/h1-2,7,16H,3-6H2,(H,13,17)(H,14,15). The number of nitrogens with one attached hydrogen (secondary N) is 2. The summed E-state index contributed by atoms with van der Waals surface area (Å²) in [5, 5.41) is 18.6. The number of hydrogen-bond donors (Lipinski definition) is 3. The van der Waals surface area contributed by atoms with E-state index in [1.165, 1.54) is 0 Å². The van der Waals surface area contributed by atoms with Crippen LogP contribution in [-0.4, -0.2) is 52.6 Å². The Balaban J connectivity index is 1.93. The molecule has 0 unspecified atom stereocenters. The zero-order chi connectivity index (χ0) is 12.8. The van der Waals surface area contributed by atoms with Gasteiger partial charge in [-0.15, -0.1) is 0 Å². The number of nitrogens with zero attached hydrogens (tertiary/aromatic N) is 2. The van der Waals surface area contributed by atoms with E-state index in [9.17, 15) is 4.79 Å². The average molecular weight is 250 g/mol. The van der Waals surface area contributed by atoms with E-state index in [0.717, 1.165) is 5.52 Å². The molecule has 7 nitrogen and oxygen atoms in total. The molecular formula is C11H14N4O3. The minimum atomic E-state index is -0.276. The number of carbonyl (C=O) groups is 1. The molecule has 2 rings (SSSR count). The molecule has 2 aromatic heterocycles. The van der Waals surface area contributed by atoms with E-state index >= 15 is 0 Å². The fraction of sp³-hybridized carbons (Fsp3) is 0.364. The summed E-state index contributed by atoms with van der Waals surface area (Å²) in [6.45, 7) is 0.967. The van der Waals surface area contributed by atoms with Crippen LogP contribution in [0.25, 0.3) is 10.9 Å². The number of hydrogen-bond acceptors (Lipinski definition) is 5. The van der Waals surface area contributed by atoms with Crippen molar-refractivity contribution in [2.24, 2.45) is 0 Å². The topological polar surface area (TPSA) is 100 Å². The molecule has 0 fully saturated rings. The molecule has 0 aromatic carbocycles. The summed E-state index contributed by atoms with van der Waals surface area (Å²) in [4.78, 5) is 15.8. The van der Waals surface area contributed by atoms with Crippen LogP contribution in [0, 0.1) is 0 Å². The Kier molecular flexibility index (Phi) is 4.21. The molecule has 0 saturated carbocycles. The number of fused-ring (bicyclic) bond motifs is 1. The lowest BCUT2D eigenvalue weighted by Gasteiger charge is -2.03. The van der Waals surface area contributed by atoms with Gasteiger partial charge in [0, 0.05) is 18.9 Å². The van der Waals surface area contributed by atoms with E-state index in [2.05, 4.69) is 20.5 Å². The van der Waals surface area contributed by atoms with E-state index in [-0.39, 0.29) is 19.1 Å². The predicted molar refractivity (Wildman–Crippen MR) is 64.1 cm³/mol. The third-order valence-corrected chi connectivity index (χ3v) is 2.35. The quantitative estimate of drug-likeness (QED) is 0.611. The molecule has 0 spiro atoms. The molecule has 96 valence electrons. The van der Waals surface area contributed by atoms with Gasteiger partial charge in [0.15, 0.2) is 5.69 Å². The van der Waals surface area contributed by atoms with Crippen molar-refractivity contribution in [1.82, 2.24) is 20.5 Å². The van der Waals surface area contributed by atoms with Gasteiger partial charge in [0.1, 0.15) is 0 Å². The number of amides is 1. The maximum absolute atomic E-state index is 11.8. The minimum Gasteiger partial charge on any atom is -0.394 e. The van der Waals surface area contributed by atoms with Gasteiger partial charge in [-0.05, 0) is 6.07 Å². The summed E-state index contributed by atoms with van der Waals surface area (Å²) in [6, 6.07) is 1.75. The summed E-state index contributed by atoms with van der Waals surface area (Å²) < 4.78 is 5.03. The van der Waals surface area contributed by atoms with Crippen LogP contribution >= 0.6 is 0 Å². The fourth-order valence-electron chi connectivity index (χ4n) is 1.52. The number of pyridine rings is 1. The van der Waals surface area contributed by atoms with E-state index in [1.54, 1.807) is 18.5 Å². The average Bonchev–Trinajstić information content (AvgIpc) is 2.82. The van der Waals surface area contributed by atoms with Crippen molar-refractivity contribution in [3.63, 3.8) is 0 Å². The predicted octanol–water partition coefficient (Wildman–Crippen LogP) is -0.303. The molecule has 0 bridgehead atoms. The van der Waals surface area contributed by atoms with Crippen LogP contribution in [0.2, 0.25) is 0 Å². The van der Waals surface area contributed by atoms with Crippen LogP contribution in [0.3, 0.4) is 0 Å². The molecule has 0 atom stereocenters. The Morgan fingerprint density at radius 1 is 1.50 bits per heavy atom. The number of ether oxygens (including phenoxy) is 1. The minimum absolute atomic E-state index is 0.0242. The van der Waals surface area contributed by atoms with E-state index < -0.39 is 0 Å². The zero-order valence-corrected chi connectivity index (χ0v) is 9.72. The van der Waals surface area contributed by atoms with Crippen LogP contribution in [0.4, 0.5) is 0 Å². The molecular weight excluding hydrogens is 236 g/mol. The van der Waals surface area contributed by atoms with Gasteiger partial charge in [-0.25, -0.2) is 0 Å². The summed E-state index contributed by atoms with van der Waals surface area (Å²) in [5.41, 5.74) is 1.09. The van der Waals surface area contributed by atoms with Crippen LogP contribution in [0.15, 0.2) is 18.5 Å². The number of aliphatic hydroxyl groups is 1. The van der Waals surface area contributed by atoms with Crippen molar-refractivity contribution in [3.05, 3.63) is 24.2 Å². The smallest absolute Gasteiger partial charge is 0.272 e. The highest BCUT2D eigenvalue weighted by atomic mass is 16.5. The van der Waals surface area contributed by atoms with E-state index in [1.807, 2.05) is 0 Å². The normalized spacial score (nSPS) is 10.7. The number of rotatable bonds is 6. The summed E-state index contributed by atoms with van der Waals surface area (Å²) >= 11 is 0. The van der Waals surface area contributed by atoms with E-state index in [0.29, 0.717) is 24.2 Å². The molecule has 0 radical (unpaired) electrons. The summed E-state index contributed by atoms with van der Waals surface area (Å²) in [5.74, 6) is -0.276. The van der Waals surface area contributed by atoms with Crippen LogP contribution < -0.4 is 5.32 Å². The van der Waals surface area contributed by atoms with Gasteiger partial charge in [-0.3, -0.25) is 14.9 Å². The van der Waals surface area contributed by atoms with Crippen molar-refractivity contribution in [3.8, 4) is 0 Å². The monoisotopic (exact) mass is 250 g/mol. The Labute approximate surface area is 103 Å². The van der Waals surface area contributed by atoms with Gasteiger partial charge >= 0.3 is 0 Å². The Hall–Kier alpha value is -1.99. The first kappa shape index (κ1) is 12.5. The molecule has 0 saturated heterocycles. The lowest BCUT2D eigenvalue weighted by Crippen LogP contribution is -2.28. The molecule has 18 heavy (non-hydrogen) atoms. The number of aliphatic hydroxyl groups excluding tert-OH is 1.